The summed E-state index contributed by atoms with van der Waals surface area (Å²) in [6.07, 6.45) is -0.189. The van der Waals surface area contributed by atoms with Crippen LogP contribution in [0.5, 0.6) is 0 Å². The van der Waals surface area contributed by atoms with Crippen molar-refractivity contribution in [3.8, 4) is 0 Å². The molecule has 1 saturated heterocycles. The Morgan fingerprint density at radius 1 is 1.10 bits per heavy atom. The molecule has 1 amide bonds. The molecular weight excluding hydrogens is 266 g/mol. The molecule has 0 spiro atoms. The van der Waals surface area contributed by atoms with E-state index in [1.807, 2.05) is 51.1 Å². The fraction of sp³-hybridized carbons (Fsp3) is 0.562. The molecule has 0 bridgehead atoms. The Bertz CT molecular complexity index is 421. The van der Waals surface area contributed by atoms with Crippen LogP contribution in [-0.4, -0.2) is 54.7 Å². The Hall–Kier alpha value is -1.75. The Kier molecular flexibility index (Phi) is 6.49. The van der Waals surface area contributed by atoms with E-state index in [1.54, 1.807) is 4.90 Å². The van der Waals surface area contributed by atoms with Gasteiger partial charge in [0.25, 0.3) is 0 Å². The van der Waals surface area contributed by atoms with Gasteiger partial charge < -0.3 is 20.3 Å². The molecule has 5 heteroatoms. The number of nitrogens with zero attached hydrogens (tertiary/aromatic N) is 2. The van der Waals surface area contributed by atoms with E-state index in [-0.39, 0.29) is 11.7 Å². The van der Waals surface area contributed by atoms with Gasteiger partial charge in [0, 0.05) is 31.9 Å². The predicted octanol–water partition coefficient (Wildman–Crippen LogP) is 2.44. The summed E-state index contributed by atoms with van der Waals surface area (Å²) in [7, 11) is 2.06. The van der Waals surface area contributed by atoms with Gasteiger partial charge in [-0.25, -0.2) is 4.79 Å². The van der Waals surface area contributed by atoms with Gasteiger partial charge in [-0.05, 0) is 40.0 Å². The second-order valence-electron chi connectivity index (χ2n) is 6.18. The van der Waals surface area contributed by atoms with E-state index in [0.29, 0.717) is 0 Å². The van der Waals surface area contributed by atoms with Gasteiger partial charge in [0.2, 0.25) is 0 Å². The number of likely N-dealkylation sites (N-methyl/N-ethyl adjacent to an activating group) is 1. The molecule has 0 atom stereocenters. The SMILES string of the molecule is CN1CCN(C(=O)OC(C)(C)C)CC1.Nc1ccccc1. The van der Waals surface area contributed by atoms with Gasteiger partial charge in [-0.15, -0.1) is 0 Å². The van der Waals surface area contributed by atoms with Gasteiger partial charge in [0.1, 0.15) is 5.60 Å². The number of benzene rings is 1. The van der Waals surface area contributed by atoms with Crippen molar-refractivity contribution < 1.29 is 9.53 Å². The van der Waals surface area contributed by atoms with E-state index in [2.05, 4.69) is 11.9 Å². The number of carbonyl (C=O) groups is 1. The first kappa shape index (κ1) is 17.3. The number of amides is 1. The Balaban J connectivity index is 0.000000262. The van der Waals surface area contributed by atoms with E-state index in [0.717, 1.165) is 31.9 Å². The quantitative estimate of drug-likeness (QED) is 0.746. The molecule has 5 nitrogen and oxygen atoms in total. The number of hydrogen-bond donors (Lipinski definition) is 1. The van der Waals surface area contributed by atoms with E-state index in [1.165, 1.54) is 0 Å². The third-order valence-corrected chi connectivity index (χ3v) is 2.95. The van der Waals surface area contributed by atoms with Crippen molar-refractivity contribution in [3.63, 3.8) is 0 Å². The second-order valence-corrected chi connectivity index (χ2v) is 6.18. The van der Waals surface area contributed by atoms with Crippen molar-refractivity contribution in [2.75, 3.05) is 39.0 Å². The number of nitrogen functional groups attached to an aromatic ring is 1. The first-order valence-corrected chi connectivity index (χ1v) is 7.25. The summed E-state index contributed by atoms with van der Waals surface area (Å²) < 4.78 is 5.28. The lowest BCUT2D eigenvalue weighted by Gasteiger charge is -2.33. The summed E-state index contributed by atoms with van der Waals surface area (Å²) >= 11 is 0. The first-order valence-electron chi connectivity index (χ1n) is 7.25. The third kappa shape index (κ3) is 7.56. The van der Waals surface area contributed by atoms with E-state index in [4.69, 9.17) is 10.5 Å². The number of piperazine rings is 1. The van der Waals surface area contributed by atoms with Crippen LogP contribution in [0, 0.1) is 0 Å². The highest BCUT2D eigenvalue weighted by atomic mass is 16.6. The smallest absolute Gasteiger partial charge is 0.410 e. The van der Waals surface area contributed by atoms with Crippen molar-refractivity contribution in [1.29, 1.82) is 0 Å². The summed E-state index contributed by atoms with van der Waals surface area (Å²) in [6.45, 7) is 9.07. The van der Waals surface area contributed by atoms with Crippen LogP contribution in [0.15, 0.2) is 30.3 Å². The summed E-state index contributed by atoms with van der Waals surface area (Å²) in [5, 5.41) is 0. The maximum atomic E-state index is 11.6. The molecule has 118 valence electrons. The molecular formula is C16H27N3O2. The van der Waals surface area contributed by atoms with Gasteiger partial charge in [-0.2, -0.15) is 0 Å². The molecule has 2 rings (SSSR count). The molecule has 1 aliphatic heterocycles. The van der Waals surface area contributed by atoms with Crippen molar-refractivity contribution >= 4 is 11.8 Å². The third-order valence-electron chi connectivity index (χ3n) is 2.95. The highest BCUT2D eigenvalue weighted by Crippen LogP contribution is 2.11. The zero-order valence-electron chi connectivity index (χ0n) is 13.5. The van der Waals surface area contributed by atoms with Crippen LogP contribution < -0.4 is 5.73 Å². The van der Waals surface area contributed by atoms with Crippen molar-refractivity contribution in [2.45, 2.75) is 26.4 Å². The Morgan fingerprint density at radius 3 is 2.00 bits per heavy atom. The average Bonchev–Trinajstić information content (AvgIpc) is 2.39. The number of carbonyl (C=O) groups excluding carboxylic acids is 1. The predicted molar refractivity (Wildman–Crippen MR) is 86.2 cm³/mol. The molecule has 1 fully saturated rings. The summed E-state index contributed by atoms with van der Waals surface area (Å²) in [4.78, 5) is 15.6. The van der Waals surface area contributed by atoms with Crippen LogP contribution >= 0.6 is 0 Å². The molecule has 21 heavy (non-hydrogen) atoms. The topological polar surface area (TPSA) is 58.8 Å². The molecule has 0 radical (unpaired) electrons. The number of ether oxygens (including phenoxy) is 1. The number of hydrogen-bond acceptors (Lipinski definition) is 4. The molecule has 1 heterocycles. The highest BCUT2D eigenvalue weighted by molar-refractivity contribution is 5.68. The fourth-order valence-electron chi connectivity index (χ4n) is 1.77. The fourth-order valence-corrected chi connectivity index (χ4v) is 1.77. The second kappa shape index (κ2) is 7.88. The van der Waals surface area contributed by atoms with Crippen molar-refractivity contribution in [3.05, 3.63) is 30.3 Å². The maximum absolute atomic E-state index is 11.6. The normalized spacial score (nSPS) is 15.9. The van der Waals surface area contributed by atoms with Crippen LogP contribution in [0.2, 0.25) is 0 Å². The van der Waals surface area contributed by atoms with Crippen molar-refractivity contribution in [1.82, 2.24) is 9.80 Å². The van der Waals surface area contributed by atoms with Crippen LogP contribution in [0.1, 0.15) is 20.8 Å². The molecule has 0 aromatic heterocycles. The van der Waals surface area contributed by atoms with Gasteiger partial charge in [0.15, 0.2) is 0 Å². The molecule has 1 aromatic rings. The van der Waals surface area contributed by atoms with Crippen LogP contribution in [0.3, 0.4) is 0 Å². The highest BCUT2D eigenvalue weighted by Gasteiger charge is 2.24. The van der Waals surface area contributed by atoms with Gasteiger partial charge in [0.05, 0.1) is 0 Å². The van der Waals surface area contributed by atoms with Crippen molar-refractivity contribution in [2.24, 2.45) is 0 Å². The number of anilines is 1. The zero-order valence-corrected chi connectivity index (χ0v) is 13.5. The van der Waals surface area contributed by atoms with E-state index in [9.17, 15) is 4.79 Å². The van der Waals surface area contributed by atoms with Gasteiger partial charge >= 0.3 is 6.09 Å². The van der Waals surface area contributed by atoms with E-state index < -0.39 is 0 Å². The van der Waals surface area contributed by atoms with Crippen LogP contribution in [-0.2, 0) is 4.74 Å². The molecule has 0 aliphatic carbocycles. The van der Waals surface area contributed by atoms with Gasteiger partial charge in [-0.3, -0.25) is 0 Å². The molecule has 0 saturated carbocycles. The lowest BCUT2D eigenvalue weighted by atomic mass is 10.2. The summed E-state index contributed by atoms with van der Waals surface area (Å²) in [5.74, 6) is 0. The number of nitrogens with two attached hydrogens (primary N) is 1. The summed E-state index contributed by atoms with van der Waals surface area (Å²) in [6, 6.07) is 9.49. The summed E-state index contributed by atoms with van der Waals surface area (Å²) in [5.41, 5.74) is 5.79. The Morgan fingerprint density at radius 2 is 1.62 bits per heavy atom. The van der Waals surface area contributed by atoms with Gasteiger partial charge in [-0.1, -0.05) is 18.2 Å². The minimum absolute atomic E-state index is 0.189. The zero-order chi connectivity index (χ0) is 15.9. The molecule has 1 aliphatic rings. The molecule has 2 N–H and O–H groups in total. The lowest BCUT2D eigenvalue weighted by Crippen LogP contribution is -2.48. The van der Waals surface area contributed by atoms with E-state index >= 15 is 0 Å². The standard InChI is InChI=1S/C10H20N2O2.C6H7N/c1-10(2,3)14-9(13)12-7-5-11(4)6-8-12;7-6-4-2-1-3-5-6/h5-8H2,1-4H3;1-5H,7H2. The minimum atomic E-state index is -0.388. The average molecular weight is 293 g/mol. The number of para-hydroxylation sites is 1. The molecule has 0 unspecified atom stereocenters. The first-order chi connectivity index (χ1) is 9.78. The van der Waals surface area contributed by atoms with Crippen LogP contribution in [0.25, 0.3) is 0 Å². The monoisotopic (exact) mass is 293 g/mol. The largest absolute Gasteiger partial charge is 0.444 e. The maximum Gasteiger partial charge on any atom is 0.410 e. The Labute approximate surface area is 127 Å². The minimum Gasteiger partial charge on any atom is -0.444 e. The van der Waals surface area contributed by atoms with Crippen LogP contribution in [0.4, 0.5) is 10.5 Å². The number of rotatable bonds is 0. The molecule has 1 aromatic carbocycles. The lowest BCUT2D eigenvalue weighted by molar-refractivity contribution is 0.0164.